The summed E-state index contributed by atoms with van der Waals surface area (Å²) in [6, 6.07) is 4.50. The molecule has 0 atom stereocenters. The van der Waals surface area contributed by atoms with Gasteiger partial charge in [0.15, 0.2) is 0 Å². The molecule has 4 heteroatoms. The standard InChI is InChI=1S/C12H15N3O/c13-6-10-5-11(8-14-7-10)9-15-12-1-3-16-4-2-12/h5,7-8,12,15H,1-4,9H2. The second-order valence-electron chi connectivity index (χ2n) is 3.96. The van der Waals surface area contributed by atoms with Crippen LogP contribution in [0.15, 0.2) is 18.5 Å². The van der Waals surface area contributed by atoms with Crippen LogP contribution in [0.2, 0.25) is 0 Å². The smallest absolute Gasteiger partial charge is 0.101 e. The number of nitrogens with one attached hydrogen (secondary N) is 1. The predicted molar refractivity (Wildman–Crippen MR) is 59.6 cm³/mol. The Morgan fingerprint density at radius 1 is 1.44 bits per heavy atom. The van der Waals surface area contributed by atoms with Crippen molar-refractivity contribution in [3.8, 4) is 6.07 Å². The zero-order chi connectivity index (χ0) is 11.2. The minimum Gasteiger partial charge on any atom is -0.381 e. The first-order chi connectivity index (χ1) is 7.88. The first-order valence-corrected chi connectivity index (χ1v) is 5.53. The Balaban J connectivity index is 1.86. The number of hydrogen-bond acceptors (Lipinski definition) is 4. The summed E-state index contributed by atoms with van der Waals surface area (Å²) in [5.41, 5.74) is 1.68. The third kappa shape index (κ3) is 3.02. The van der Waals surface area contributed by atoms with Crippen LogP contribution in [0.1, 0.15) is 24.0 Å². The lowest BCUT2D eigenvalue weighted by Gasteiger charge is -2.23. The Bertz CT molecular complexity index is 380. The van der Waals surface area contributed by atoms with E-state index in [0.717, 1.165) is 38.2 Å². The fourth-order valence-corrected chi connectivity index (χ4v) is 1.81. The number of nitrogens with zero attached hydrogens (tertiary/aromatic N) is 2. The van der Waals surface area contributed by atoms with Crippen molar-refractivity contribution < 1.29 is 4.74 Å². The van der Waals surface area contributed by atoms with Gasteiger partial charge in [0.1, 0.15) is 6.07 Å². The maximum absolute atomic E-state index is 8.75. The number of hydrogen-bond donors (Lipinski definition) is 1. The van der Waals surface area contributed by atoms with Gasteiger partial charge in [-0.2, -0.15) is 5.26 Å². The minimum absolute atomic E-state index is 0.527. The van der Waals surface area contributed by atoms with Crippen molar-refractivity contribution in [1.29, 1.82) is 5.26 Å². The van der Waals surface area contributed by atoms with Gasteiger partial charge in [0.2, 0.25) is 0 Å². The van der Waals surface area contributed by atoms with Gasteiger partial charge >= 0.3 is 0 Å². The molecule has 1 saturated heterocycles. The van der Waals surface area contributed by atoms with Crippen molar-refractivity contribution >= 4 is 0 Å². The molecule has 1 N–H and O–H groups in total. The van der Waals surface area contributed by atoms with Gasteiger partial charge < -0.3 is 10.1 Å². The van der Waals surface area contributed by atoms with E-state index in [2.05, 4.69) is 16.4 Å². The summed E-state index contributed by atoms with van der Waals surface area (Å²) in [5.74, 6) is 0. The average molecular weight is 217 g/mol. The molecular weight excluding hydrogens is 202 g/mol. The van der Waals surface area contributed by atoms with Crippen LogP contribution < -0.4 is 5.32 Å². The van der Waals surface area contributed by atoms with Crippen molar-refractivity contribution in [2.24, 2.45) is 0 Å². The zero-order valence-corrected chi connectivity index (χ0v) is 9.15. The van der Waals surface area contributed by atoms with E-state index in [1.54, 1.807) is 12.4 Å². The van der Waals surface area contributed by atoms with E-state index in [0.29, 0.717) is 11.6 Å². The van der Waals surface area contributed by atoms with Gasteiger partial charge in [0, 0.05) is 38.2 Å². The molecule has 1 fully saturated rings. The second-order valence-corrected chi connectivity index (χ2v) is 3.96. The summed E-state index contributed by atoms with van der Waals surface area (Å²) >= 11 is 0. The summed E-state index contributed by atoms with van der Waals surface area (Å²) in [5, 5.41) is 12.2. The number of aromatic nitrogens is 1. The summed E-state index contributed by atoms with van der Waals surface area (Å²) in [7, 11) is 0. The Labute approximate surface area is 95.3 Å². The molecule has 0 radical (unpaired) electrons. The highest BCUT2D eigenvalue weighted by Crippen LogP contribution is 2.08. The second kappa shape index (κ2) is 5.59. The van der Waals surface area contributed by atoms with Gasteiger partial charge in [-0.15, -0.1) is 0 Å². The lowest BCUT2D eigenvalue weighted by Crippen LogP contribution is -2.34. The first kappa shape index (κ1) is 11.1. The van der Waals surface area contributed by atoms with E-state index in [9.17, 15) is 0 Å². The van der Waals surface area contributed by atoms with E-state index in [1.807, 2.05) is 6.07 Å². The van der Waals surface area contributed by atoms with Crippen LogP contribution in [-0.2, 0) is 11.3 Å². The van der Waals surface area contributed by atoms with Crippen molar-refractivity contribution in [1.82, 2.24) is 10.3 Å². The number of ether oxygens (including phenoxy) is 1. The fraction of sp³-hybridized carbons (Fsp3) is 0.500. The highest BCUT2D eigenvalue weighted by Gasteiger charge is 2.12. The maximum Gasteiger partial charge on any atom is 0.101 e. The molecule has 1 aromatic rings. The summed E-state index contributed by atoms with van der Waals surface area (Å²) in [6.45, 7) is 2.45. The van der Waals surface area contributed by atoms with Crippen LogP contribution in [0.4, 0.5) is 0 Å². The minimum atomic E-state index is 0.527. The van der Waals surface area contributed by atoms with Gasteiger partial charge in [-0.3, -0.25) is 4.98 Å². The van der Waals surface area contributed by atoms with E-state index in [1.165, 1.54) is 0 Å². The monoisotopic (exact) mass is 217 g/mol. The quantitative estimate of drug-likeness (QED) is 0.827. The van der Waals surface area contributed by atoms with Crippen LogP contribution in [0.3, 0.4) is 0 Å². The van der Waals surface area contributed by atoms with Crippen LogP contribution in [0, 0.1) is 11.3 Å². The predicted octanol–water partition coefficient (Wildman–Crippen LogP) is 1.22. The molecule has 84 valence electrons. The maximum atomic E-state index is 8.75. The summed E-state index contributed by atoms with van der Waals surface area (Å²) in [6.07, 6.45) is 5.50. The van der Waals surface area contributed by atoms with Crippen molar-refractivity contribution in [3.63, 3.8) is 0 Å². The highest BCUT2D eigenvalue weighted by molar-refractivity contribution is 5.28. The largest absolute Gasteiger partial charge is 0.381 e. The molecule has 0 spiro atoms. The zero-order valence-electron chi connectivity index (χ0n) is 9.15. The summed E-state index contributed by atoms with van der Waals surface area (Å²) < 4.78 is 5.29. The normalized spacial score (nSPS) is 16.9. The Hall–Kier alpha value is -1.44. The molecule has 4 nitrogen and oxygen atoms in total. The Kier molecular flexibility index (Phi) is 3.86. The van der Waals surface area contributed by atoms with E-state index in [-0.39, 0.29) is 0 Å². The van der Waals surface area contributed by atoms with Gasteiger partial charge in [-0.25, -0.2) is 0 Å². The number of rotatable bonds is 3. The van der Waals surface area contributed by atoms with Crippen LogP contribution >= 0.6 is 0 Å². The molecule has 0 unspecified atom stereocenters. The third-order valence-corrected chi connectivity index (χ3v) is 2.74. The molecule has 0 amide bonds. The van der Waals surface area contributed by atoms with Gasteiger partial charge in [-0.05, 0) is 24.5 Å². The third-order valence-electron chi connectivity index (χ3n) is 2.74. The molecule has 0 bridgehead atoms. The highest BCUT2D eigenvalue weighted by atomic mass is 16.5. The fourth-order valence-electron chi connectivity index (χ4n) is 1.81. The number of nitriles is 1. The molecule has 0 saturated carbocycles. The van der Waals surface area contributed by atoms with Crippen LogP contribution in [0.5, 0.6) is 0 Å². The average Bonchev–Trinajstić information content (AvgIpc) is 2.38. The first-order valence-electron chi connectivity index (χ1n) is 5.53. The van der Waals surface area contributed by atoms with Gasteiger partial charge in [0.05, 0.1) is 5.56 Å². The summed E-state index contributed by atoms with van der Waals surface area (Å²) in [4.78, 5) is 4.03. The molecule has 2 heterocycles. The van der Waals surface area contributed by atoms with Crippen LogP contribution in [0.25, 0.3) is 0 Å². The lowest BCUT2D eigenvalue weighted by molar-refractivity contribution is 0.0776. The van der Waals surface area contributed by atoms with Crippen molar-refractivity contribution in [2.75, 3.05) is 13.2 Å². The molecule has 1 aromatic heterocycles. The molecule has 2 rings (SSSR count). The lowest BCUT2D eigenvalue weighted by atomic mass is 10.1. The van der Waals surface area contributed by atoms with Crippen molar-refractivity contribution in [2.45, 2.75) is 25.4 Å². The Morgan fingerprint density at radius 3 is 3.00 bits per heavy atom. The van der Waals surface area contributed by atoms with Gasteiger partial charge in [-0.1, -0.05) is 0 Å². The molecular formula is C12H15N3O. The molecule has 0 aliphatic carbocycles. The van der Waals surface area contributed by atoms with E-state index >= 15 is 0 Å². The van der Waals surface area contributed by atoms with Gasteiger partial charge in [0.25, 0.3) is 0 Å². The molecule has 1 aliphatic rings. The SMILES string of the molecule is N#Cc1cncc(CNC2CCOCC2)c1. The molecule has 0 aromatic carbocycles. The molecule has 1 aliphatic heterocycles. The topological polar surface area (TPSA) is 57.9 Å². The Morgan fingerprint density at radius 2 is 2.25 bits per heavy atom. The molecule has 16 heavy (non-hydrogen) atoms. The van der Waals surface area contributed by atoms with E-state index in [4.69, 9.17) is 10.00 Å². The van der Waals surface area contributed by atoms with E-state index < -0.39 is 0 Å². The number of pyridine rings is 1. The van der Waals surface area contributed by atoms with Crippen molar-refractivity contribution in [3.05, 3.63) is 29.6 Å². The van der Waals surface area contributed by atoms with Crippen LogP contribution in [-0.4, -0.2) is 24.2 Å².